The first kappa shape index (κ1) is 13.7. The summed E-state index contributed by atoms with van der Waals surface area (Å²) in [7, 11) is 2.12. The normalized spacial score (nSPS) is 16.8. The molecule has 0 aliphatic carbocycles. The van der Waals surface area contributed by atoms with Gasteiger partial charge in [0.15, 0.2) is 0 Å². The van der Waals surface area contributed by atoms with Crippen molar-refractivity contribution in [2.75, 3.05) is 31.7 Å². The van der Waals surface area contributed by atoms with Crippen LogP contribution < -0.4 is 10.6 Å². The highest BCUT2D eigenvalue weighted by Gasteiger charge is 2.22. The minimum Gasteiger partial charge on any atom is -0.381 e. The van der Waals surface area contributed by atoms with Gasteiger partial charge in [-0.15, -0.1) is 0 Å². The molecule has 4 heteroatoms. The fourth-order valence-electron chi connectivity index (χ4n) is 2.57. The molecule has 0 unspecified atom stereocenters. The molecule has 1 fully saturated rings. The molecule has 2 rings (SSSR count). The molecule has 100 valence electrons. The fourth-order valence-corrected chi connectivity index (χ4v) is 2.89. The molecule has 1 heterocycles. The van der Waals surface area contributed by atoms with Crippen molar-refractivity contribution in [1.29, 1.82) is 0 Å². The minimum absolute atomic E-state index is 0.509. The third-order valence-electron chi connectivity index (χ3n) is 3.58. The van der Waals surface area contributed by atoms with E-state index in [0.29, 0.717) is 12.6 Å². The van der Waals surface area contributed by atoms with E-state index < -0.39 is 0 Å². The van der Waals surface area contributed by atoms with E-state index in [4.69, 9.17) is 22.1 Å². The summed E-state index contributed by atoms with van der Waals surface area (Å²) in [5, 5.41) is 0.815. The number of anilines is 1. The largest absolute Gasteiger partial charge is 0.381 e. The predicted octanol–water partition coefficient (Wildman–Crippen LogP) is 2.46. The zero-order valence-corrected chi connectivity index (χ0v) is 11.6. The first-order valence-corrected chi connectivity index (χ1v) is 6.90. The van der Waals surface area contributed by atoms with E-state index in [0.717, 1.165) is 43.2 Å². The highest BCUT2D eigenvalue weighted by Crippen LogP contribution is 2.32. The van der Waals surface area contributed by atoms with Crippen LogP contribution >= 0.6 is 11.6 Å². The van der Waals surface area contributed by atoms with E-state index in [1.165, 1.54) is 5.56 Å². The van der Waals surface area contributed by atoms with Crippen LogP contribution in [0.25, 0.3) is 0 Å². The van der Waals surface area contributed by atoms with E-state index in [9.17, 15) is 0 Å². The number of rotatable bonds is 4. The SMILES string of the molecule is CN(c1c(Cl)cccc1CCN)C1CCOCC1. The van der Waals surface area contributed by atoms with Crippen molar-refractivity contribution in [2.45, 2.75) is 25.3 Å². The molecule has 1 aromatic carbocycles. The van der Waals surface area contributed by atoms with E-state index in [1.807, 2.05) is 12.1 Å². The number of nitrogens with zero attached hydrogens (tertiary/aromatic N) is 1. The van der Waals surface area contributed by atoms with Crippen molar-refractivity contribution in [2.24, 2.45) is 5.73 Å². The summed E-state index contributed by atoms with van der Waals surface area (Å²) in [5.74, 6) is 0. The van der Waals surface area contributed by atoms with Crippen LogP contribution in [0.15, 0.2) is 18.2 Å². The minimum atomic E-state index is 0.509. The van der Waals surface area contributed by atoms with E-state index in [-0.39, 0.29) is 0 Å². The lowest BCUT2D eigenvalue weighted by Gasteiger charge is -2.34. The van der Waals surface area contributed by atoms with Gasteiger partial charge in [-0.25, -0.2) is 0 Å². The van der Waals surface area contributed by atoms with Crippen LogP contribution in [0.5, 0.6) is 0 Å². The Hall–Kier alpha value is -0.770. The van der Waals surface area contributed by atoms with Crippen LogP contribution in [0.3, 0.4) is 0 Å². The summed E-state index contributed by atoms with van der Waals surface area (Å²) in [4.78, 5) is 2.30. The van der Waals surface area contributed by atoms with Crippen molar-refractivity contribution in [3.8, 4) is 0 Å². The van der Waals surface area contributed by atoms with Gasteiger partial charge < -0.3 is 15.4 Å². The molecule has 2 N–H and O–H groups in total. The van der Waals surface area contributed by atoms with Crippen molar-refractivity contribution < 1.29 is 4.74 Å². The van der Waals surface area contributed by atoms with Crippen LogP contribution in [0.4, 0.5) is 5.69 Å². The van der Waals surface area contributed by atoms with Gasteiger partial charge in [0.05, 0.1) is 10.7 Å². The van der Waals surface area contributed by atoms with Crippen molar-refractivity contribution >= 4 is 17.3 Å². The third-order valence-corrected chi connectivity index (χ3v) is 3.88. The first-order valence-electron chi connectivity index (χ1n) is 6.52. The second kappa shape index (κ2) is 6.41. The number of hydrogen-bond donors (Lipinski definition) is 1. The van der Waals surface area contributed by atoms with Crippen LogP contribution in [0, 0.1) is 0 Å². The Labute approximate surface area is 114 Å². The Morgan fingerprint density at radius 2 is 2.11 bits per heavy atom. The van der Waals surface area contributed by atoms with Gasteiger partial charge >= 0.3 is 0 Å². The van der Waals surface area contributed by atoms with E-state index >= 15 is 0 Å². The third kappa shape index (κ3) is 2.97. The van der Waals surface area contributed by atoms with Crippen LogP contribution in [0.1, 0.15) is 18.4 Å². The van der Waals surface area contributed by atoms with Crippen LogP contribution in [0.2, 0.25) is 5.02 Å². The molecule has 0 aromatic heterocycles. The average Bonchev–Trinajstić information content (AvgIpc) is 2.40. The predicted molar refractivity (Wildman–Crippen MR) is 76.5 cm³/mol. The highest BCUT2D eigenvalue weighted by molar-refractivity contribution is 6.33. The Morgan fingerprint density at radius 1 is 1.39 bits per heavy atom. The number of nitrogens with two attached hydrogens (primary N) is 1. The zero-order chi connectivity index (χ0) is 13.0. The summed E-state index contributed by atoms with van der Waals surface area (Å²) < 4.78 is 5.41. The molecule has 1 aliphatic heterocycles. The smallest absolute Gasteiger partial charge is 0.0642 e. The summed E-state index contributed by atoms with van der Waals surface area (Å²) in [6, 6.07) is 6.57. The maximum atomic E-state index is 6.37. The molecule has 1 aliphatic rings. The van der Waals surface area contributed by atoms with Gasteiger partial charge in [-0.3, -0.25) is 0 Å². The van der Waals surface area contributed by atoms with Gasteiger partial charge in [-0.1, -0.05) is 23.7 Å². The first-order chi connectivity index (χ1) is 8.74. The monoisotopic (exact) mass is 268 g/mol. The van der Waals surface area contributed by atoms with Gasteiger partial charge in [0, 0.05) is 26.3 Å². The standard InChI is InChI=1S/C14H21ClN2O/c1-17(12-6-9-18-10-7-12)14-11(5-8-16)3-2-4-13(14)15/h2-4,12H,5-10,16H2,1H3. The summed E-state index contributed by atoms with van der Waals surface area (Å²) in [6.45, 7) is 2.33. The van der Waals surface area contributed by atoms with Crippen molar-refractivity contribution in [3.63, 3.8) is 0 Å². The molecular formula is C14H21ClN2O. The lowest BCUT2D eigenvalue weighted by atomic mass is 10.0. The van der Waals surface area contributed by atoms with E-state index in [1.54, 1.807) is 0 Å². The average molecular weight is 269 g/mol. The lowest BCUT2D eigenvalue weighted by molar-refractivity contribution is 0.0854. The Morgan fingerprint density at radius 3 is 2.78 bits per heavy atom. The molecule has 0 saturated carbocycles. The van der Waals surface area contributed by atoms with Gasteiger partial charge in [0.25, 0.3) is 0 Å². The molecule has 1 saturated heterocycles. The maximum Gasteiger partial charge on any atom is 0.0642 e. The molecule has 0 spiro atoms. The van der Waals surface area contributed by atoms with Gasteiger partial charge in [-0.2, -0.15) is 0 Å². The second-order valence-electron chi connectivity index (χ2n) is 4.74. The van der Waals surface area contributed by atoms with Crippen LogP contribution in [-0.4, -0.2) is 32.8 Å². The van der Waals surface area contributed by atoms with Gasteiger partial charge in [0.2, 0.25) is 0 Å². The number of ether oxygens (including phenoxy) is 1. The van der Waals surface area contributed by atoms with Gasteiger partial charge in [0.1, 0.15) is 0 Å². The highest BCUT2D eigenvalue weighted by atomic mass is 35.5. The summed E-state index contributed by atoms with van der Waals surface area (Å²) in [5.41, 5.74) is 8.05. The molecule has 0 radical (unpaired) electrons. The number of hydrogen-bond acceptors (Lipinski definition) is 3. The quantitative estimate of drug-likeness (QED) is 0.912. The van der Waals surface area contributed by atoms with Gasteiger partial charge in [-0.05, 0) is 37.4 Å². The van der Waals surface area contributed by atoms with E-state index in [2.05, 4.69) is 18.0 Å². The fraction of sp³-hybridized carbons (Fsp3) is 0.571. The number of halogens is 1. The summed E-state index contributed by atoms with van der Waals surface area (Å²) >= 11 is 6.37. The number of benzene rings is 1. The van der Waals surface area contributed by atoms with Crippen molar-refractivity contribution in [3.05, 3.63) is 28.8 Å². The number of para-hydroxylation sites is 1. The molecule has 1 aromatic rings. The topological polar surface area (TPSA) is 38.5 Å². The zero-order valence-electron chi connectivity index (χ0n) is 10.9. The molecular weight excluding hydrogens is 248 g/mol. The Kier molecular flexibility index (Phi) is 4.87. The molecule has 0 bridgehead atoms. The molecule has 0 atom stereocenters. The lowest BCUT2D eigenvalue weighted by Crippen LogP contribution is -2.37. The maximum absolute atomic E-state index is 6.37. The molecule has 3 nitrogen and oxygen atoms in total. The molecule has 18 heavy (non-hydrogen) atoms. The Balaban J connectivity index is 2.24. The second-order valence-corrected chi connectivity index (χ2v) is 5.15. The Bertz CT molecular complexity index is 391. The summed E-state index contributed by atoms with van der Waals surface area (Å²) in [6.07, 6.45) is 2.98. The van der Waals surface area contributed by atoms with Crippen LogP contribution in [-0.2, 0) is 11.2 Å². The molecule has 0 amide bonds. The van der Waals surface area contributed by atoms with Crippen molar-refractivity contribution in [1.82, 2.24) is 0 Å².